The molecule has 0 radical (unpaired) electrons. The van der Waals surface area contributed by atoms with Gasteiger partial charge >= 0.3 is 0 Å². The van der Waals surface area contributed by atoms with E-state index in [-0.39, 0.29) is 24.2 Å². The van der Waals surface area contributed by atoms with Crippen LogP contribution in [0.5, 0.6) is 5.75 Å². The van der Waals surface area contributed by atoms with Gasteiger partial charge < -0.3 is 15.2 Å². The first kappa shape index (κ1) is 16.9. The summed E-state index contributed by atoms with van der Waals surface area (Å²) in [5, 5.41) is 12.7. The fourth-order valence-electron chi connectivity index (χ4n) is 1.87. The van der Waals surface area contributed by atoms with Gasteiger partial charge in [0.25, 0.3) is 0 Å². The molecule has 0 fully saturated rings. The zero-order valence-corrected chi connectivity index (χ0v) is 13.2. The van der Waals surface area contributed by atoms with Crippen LogP contribution >= 0.6 is 0 Å². The lowest BCUT2D eigenvalue weighted by Gasteiger charge is -2.30. The van der Waals surface area contributed by atoms with Crippen LogP contribution in [-0.2, 0) is 9.84 Å². The van der Waals surface area contributed by atoms with Crippen LogP contribution in [0.15, 0.2) is 29.2 Å². The molecule has 1 aromatic rings. The highest BCUT2D eigenvalue weighted by atomic mass is 32.2. The minimum absolute atomic E-state index is 0.0725. The molecule has 1 aromatic carbocycles. The molecule has 0 saturated heterocycles. The topological polar surface area (TPSA) is 75.6 Å². The Balaban J connectivity index is 2.79. The van der Waals surface area contributed by atoms with Crippen LogP contribution in [0.3, 0.4) is 0 Å². The molecule has 0 aliphatic carbocycles. The maximum absolute atomic E-state index is 11.5. The van der Waals surface area contributed by atoms with Gasteiger partial charge in [0.15, 0.2) is 9.84 Å². The van der Waals surface area contributed by atoms with Gasteiger partial charge in [0, 0.05) is 12.3 Å². The van der Waals surface area contributed by atoms with Crippen molar-refractivity contribution in [3.05, 3.63) is 24.3 Å². The molecule has 0 saturated carbocycles. The molecule has 1 unspecified atom stereocenters. The van der Waals surface area contributed by atoms with Crippen LogP contribution in [-0.4, -0.2) is 44.6 Å². The van der Waals surface area contributed by atoms with Crippen LogP contribution in [0.2, 0.25) is 0 Å². The fourth-order valence-corrected chi connectivity index (χ4v) is 2.52. The van der Waals surface area contributed by atoms with Gasteiger partial charge in [-0.15, -0.1) is 0 Å². The van der Waals surface area contributed by atoms with Gasteiger partial charge in [0.2, 0.25) is 0 Å². The average molecular weight is 301 g/mol. The van der Waals surface area contributed by atoms with E-state index in [1.54, 1.807) is 12.1 Å². The molecule has 0 bridgehead atoms. The van der Waals surface area contributed by atoms with Gasteiger partial charge in [-0.2, -0.15) is 0 Å². The monoisotopic (exact) mass is 301 g/mol. The summed E-state index contributed by atoms with van der Waals surface area (Å²) in [6.45, 7) is 6.00. The van der Waals surface area contributed by atoms with Crippen LogP contribution in [0.1, 0.15) is 20.8 Å². The van der Waals surface area contributed by atoms with Crippen molar-refractivity contribution in [2.45, 2.75) is 37.2 Å². The second-order valence-corrected chi connectivity index (χ2v) is 7.57. The summed E-state index contributed by atoms with van der Waals surface area (Å²) in [5.74, 6) is 0.471. The van der Waals surface area contributed by atoms with Crippen LogP contribution in [0.4, 0.5) is 0 Å². The zero-order chi connectivity index (χ0) is 15.4. The van der Waals surface area contributed by atoms with E-state index >= 15 is 0 Å². The third-order valence-corrected chi connectivity index (χ3v) is 3.89. The molecular weight excluding hydrogens is 278 g/mol. The Morgan fingerprint density at radius 2 is 2.05 bits per heavy atom. The molecule has 0 amide bonds. The second-order valence-electron chi connectivity index (χ2n) is 5.55. The first-order chi connectivity index (χ1) is 9.16. The highest BCUT2D eigenvalue weighted by Crippen LogP contribution is 2.18. The van der Waals surface area contributed by atoms with Crippen molar-refractivity contribution >= 4 is 9.84 Å². The van der Waals surface area contributed by atoms with E-state index in [0.717, 1.165) is 6.26 Å². The smallest absolute Gasteiger partial charge is 0.175 e. The Kier molecular flexibility index (Phi) is 5.56. The first-order valence-electron chi connectivity index (χ1n) is 6.48. The van der Waals surface area contributed by atoms with Crippen molar-refractivity contribution in [2.75, 3.05) is 19.5 Å². The summed E-state index contributed by atoms with van der Waals surface area (Å²) in [5.41, 5.74) is -0.574. The van der Waals surface area contributed by atoms with Crippen molar-refractivity contribution in [1.29, 1.82) is 0 Å². The minimum Gasteiger partial charge on any atom is -0.492 e. The van der Waals surface area contributed by atoms with Crippen molar-refractivity contribution in [3.63, 3.8) is 0 Å². The normalized spacial score (nSPS) is 15.1. The molecule has 1 rings (SSSR count). The first-order valence-corrected chi connectivity index (χ1v) is 8.37. The maximum atomic E-state index is 11.5. The Labute approximate surface area is 120 Å². The predicted octanol–water partition coefficient (Wildman–Crippen LogP) is 1.22. The van der Waals surface area contributed by atoms with E-state index < -0.39 is 15.4 Å². The number of hydrogen-bond donors (Lipinski definition) is 2. The SMILES string of the molecule is CC(C)NC(C)(CO)COc1cccc(S(C)(=O)=O)c1. The molecule has 2 N–H and O–H groups in total. The standard InChI is InChI=1S/C14H23NO4S/c1-11(2)15-14(3,9-16)10-19-12-6-5-7-13(8-12)20(4,17)18/h5-8,11,15-16H,9-10H2,1-4H3. The Bertz CT molecular complexity index is 542. The van der Waals surface area contributed by atoms with E-state index in [0.29, 0.717) is 5.75 Å². The number of aliphatic hydroxyl groups excluding tert-OH is 1. The summed E-state index contributed by atoms with van der Waals surface area (Å²) in [6.07, 6.45) is 1.16. The number of sulfone groups is 1. The van der Waals surface area contributed by atoms with Crippen molar-refractivity contribution in [3.8, 4) is 5.75 Å². The maximum Gasteiger partial charge on any atom is 0.175 e. The van der Waals surface area contributed by atoms with Gasteiger partial charge in [-0.25, -0.2) is 8.42 Å². The molecule has 0 heterocycles. The predicted molar refractivity (Wildman–Crippen MR) is 78.8 cm³/mol. The fraction of sp³-hybridized carbons (Fsp3) is 0.571. The van der Waals surface area contributed by atoms with Crippen molar-refractivity contribution < 1.29 is 18.3 Å². The summed E-state index contributed by atoms with van der Waals surface area (Å²) < 4.78 is 28.6. The van der Waals surface area contributed by atoms with Gasteiger partial charge in [-0.3, -0.25) is 0 Å². The Morgan fingerprint density at radius 1 is 1.40 bits per heavy atom. The third-order valence-electron chi connectivity index (χ3n) is 2.78. The number of ether oxygens (including phenoxy) is 1. The average Bonchev–Trinajstić information content (AvgIpc) is 2.35. The van der Waals surface area contributed by atoms with Gasteiger partial charge in [-0.05, 0) is 25.1 Å². The molecule has 0 aliphatic heterocycles. The molecule has 0 aromatic heterocycles. The molecule has 0 spiro atoms. The number of hydrogen-bond acceptors (Lipinski definition) is 5. The molecule has 5 nitrogen and oxygen atoms in total. The highest BCUT2D eigenvalue weighted by molar-refractivity contribution is 7.90. The lowest BCUT2D eigenvalue weighted by molar-refractivity contribution is 0.108. The van der Waals surface area contributed by atoms with Crippen molar-refractivity contribution in [2.24, 2.45) is 0 Å². The van der Waals surface area contributed by atoms with E-state index in [4.69, 9.17) is 4.74 Å². The summed E-state index contributed by atoms with van der Waals surface area (Å²) in [4.78, 5) is 0.220. The van der Waals surface area contributed by atoms with E-state index in [1.807, 2.05) is 20.8 Å². The van der Waals surface area contributed by atoms with Crippen molar-refractivity contribution in [1.82, 2.24) is 5.32 Å². The lowest BCUT2D eigenvalue weighted by Crippen LogP contribution is -2.53. The van der Waals surface area contributed by atoms with E-state index in [2.05, 4.69) is 5.32 Å². The quantitative estimate of drug-likeness (QED) is 0.792. The Hall–Kier alpha value is -1.11. The van der Waals surface area contributed by atoms with E-state index in [1.165, 1.54) is 12.1 Å². The third kappa shape index (κ3) is 5.11. The summed E-state index contributed by atoms with van der Waals surface area (Å²) >= 11 is 0. The van der Waals surface area contributed by atoms with Gasteiger partial charge in [0.1, 0.15) is 12.4 Å². The lowest BCUT2D eigenvalue weighted by atomic mass is 10.0. The van der Waals surface area contributed by atoms with Gasteiger partial charge in [-0.1, -0.05) is 19.9 Å². The molecule has 20 heavy (non-hydrogen) atoms. The summed E-state index contributed by atoms with van der Waals surface area (Å²) in [6, 6.07) is 6.56. The zero-order valence-electron chi connectivity index (χ0n) is 12.4. The molecule has 114 valence electrons. The second kappa shape index (κ2) is 6.56. The van der Waals surface area contributed by atoms with Crippen LogP contribution in [0, 0.1) is 0 Å². The van der Waals surface area contributed by atoms with E-state index in [9.17, 15) is 13.5 Å². The number of rotatable bonds is 7. The highest BCUT2D eigenvalue weighted by Gasteiger charge is 2.25. The largest absolute Gasteiger partial charge is 0.492 e. The molecule has 6 heteroatoms. The number of aliphatic hydroxyl groups is 1. The minimum atomic E-state index is -3.25. The summed E-state index contributed by atoms with van der Waals surface area (Å²) in [7, 11) is -3.25. The molecule has 1 atom stereocenters. The number of nitrogens with one attached hydrogen (secondary N) is 1. The van der Waals surface area contributed by atoms with Crippen LogP contribution in [0.25, 0.3) is 0 Å². The number of benzene rings is 1. The van der Waals surface area contributed by atoms with Crippen LogP contribution < -0.4 is 10.1 Å². The Morgan fingerprint density at radius 3 is 2.55 bits per heavy atom. The van der Waals surface area contributed by atoms with Gasteiger partial charge in [0.05, 0.1) is 17.0 Å². The molecular formula is C14H23NO4S. The molecule has 0 aliphatic rings.